The summed E-state index contributed by atoms with van der Waals surface area (Å²) in [6, 6.07) is 0. The Morgan fingerprint density at radius 1 is 1.50 bits per heavy atom. The van der Waals surface area contributed by atoms with Crippen molar-refractivity contribution >= 4 is 44.1 Å². The van der Waals surface area contributed by atoms with Gasteiger partial charge in [0, 0.05) is 11.9 Å². The van der Waals surface area contributed by atoms with Crippen molar-refractivity contribution in [3.05, 3.63) is 32.4 Å². The molecule has 0 fully saturated rings. The van der Waals surface area contributed by atoms with Crippen LogP contribution >= 0.6 is 27.3 Å². The highest BCUT2D eigenvalue weighted by atomic mass is 79.9. The first-order chi connectivity index (χ1) is 11.4. The lowest BCUT2D eigenvalue weighted by molar-refractivity contribution is 0.0601. The average Bonchev–Trinajstić information content (AvgIpc) is 3.05. The molecule has 0 radical (unpaired) electrons. The maximum absolute atomic E-state index is 12.6. The van der Waals surface area contributed by atoms with Crippen LogP contribution in [0, 0.1) is 5.92 Å². The number of aromatic nitrogens is 2. The van der Waals surface area contributed by atoms with Crippen LogP contribution in [0.3, 0.4) is 0 Å². The lowest BCUT2D eigenvalue weighted by Crippen LogP contribution is -2.18. The van der Waals surface area contributed by atoms with E-state index in [1.54, 1.807) is 13.2 Å². The summed E-state index contributed by atoms with van der Waals surface area (Å²) in [5, 5.41) is 7.47. The molecule has 6 nitrogen and oxygen atoms in total. The number of methoxy groups -OCH3 is 1. The lowest BCUT2D eigenvalue weighted by atomic mass is 9.88. The van der Waals surface area contributed by atoms with Gasteiger partial charge in [0.2, 0.25) is 0 Å². The summed E-state index contributed by atoms with van der Waals surface area (Å²) in [4.78, 5) is 26.0. The van der Waals surface area contributed by atoms with Gasteiger partial charge in [0.1, 0.15) is 10.7 Å². The highest BCUT2D eigenvalue weighted by Gasteiger charge is 2.29. The fourth-order valence-electron chi connectivity index (χ4n) is 2.99. The Morgan fingerprint density at radius 3 is 2.88 bits per heavy atom. The fraction of sp³-hybridized carbons (Fsp3) is 0.438. The number of rotatable bonds is 3. The van der Waals surface area contributed by atoms with Gasteiger partial charge >= 0.3 is 5.97 Å². The van der Waals surface area contributed by atoms with Gasteiger partial charge in [-0.25, -0.2) is 4.79 Å². The SMILES string of the molecule is COC(=O)c1c(NC(=O)c2c(Br)cnn2C)sc2c1CC[C@H](C)C2. The van der Waals surface area contributed by atoms with Crippen LogP contribution in [0.4, 0.5) is 5.00 Å². The molecule has 0 spiro atoms. The molecule has 2 aromatic heterocycles. The molecule has 0 saturated heterocycles. The van der Waals surface area contributed by atoms with E-state index in [4.69, 9.17) is 4.74 Å². The molecule has 0 saturated carbocycles. The number of hydrogen-bond acceptors (Lipinski definition) is 5. The maximum atomic E-state index is 12.6. The van der Waals surface area contributed by atoms with E-state index in [1.165, 1.54) is 23.1 Å². The minimum absolute atomic E-state index is 0.307. The molecule has 0 aliphatic heterocycles. The van der Waals surface area contributed by atoms with Gasteiger partial charge in [-0.05, 0) is 46.7 Å². The molecule has 1 N–H and O–H groups in total. The maximum Gasteiger partial charge on any atom is 0.341 e. The molecule has 3 rings (SSSR count). The molecule has 1 amide bonds. The van der Waals surface area contributed by atoms with Gasteiger partial charge in [-0.2, -0.15) is 5.10 Å². The van der Waals surface area contributed by atoms with Crippen LogP contribution in [0.1, 0.15) is 44.6 Å². The number of nitrogens with zero attached hydrogens (tertiary/aromatic N) is 2. The lowest BCUT2D eigenvalue weighted by Gasteiger charge is -2.18. The molecule has 128 valence electrons. The van der Waals surface area contributed by atoms with Gasteiger partial charge in [-0.3, -0.25) is 9.48 Å². The molecule has 0 bridgehead atoms. The number of amides is 1. The summed E-state index contributed by atoms with van der Waals surface area (Å²) in [6.45, 7) is 2.20. The number of hydrogen-bond donors (Lipinski definition) is 1. The number of nitrogens with one attached hydrogen (secondary N) is 1. The summed E-state index contributed by atoms with van der Waals surface area (Å²) in [6.07, 6.45) is 4.36. The van der Waals surface area contributed by atoms with E-state index in [9.17, 15) is 9.59 Å². The Kier molecular flexibility index (Phi) is 4.78. The zero-order valence-corrected chi connectivity index (χ0v) is 16.1. The van der Waals surface area contributed by atoms with E-state index in [-0.39, 0.29) is 5.91 Å². The van der Waals surface area contributed by atoms with Gasteiger partial charge in [-0.15, -0.1) is 11.3 Å². The quantitative estimate of drug-likeness (QED) is 0.785. The first-order valence-corrected chi connectivity index (χ1v) is 9.25. The normalized spacial score (nSPS) is 16.6. The number of esters is 1. The Hall–Kier alpha value is -1.67. The molecule has 0 unspecified atom stereocenters. The summed E-state index contributed by atoms with van der Waals surface area (Å²) in [5.41, 5.74) is 1.92. The number of carbonyl (C=O) groups is 2. The molecular formula is C16H18BrN3O3S. The van der Waals surface area contributed by atoms with E-state index < -0.39 is 5.97 Å². The molecule has 1 aliphatic carbocycles. The minimum atomic E-state index is -0.401. The second-order valence-corrected chi connectivity index (χ2v) is 7.93. The molecule has 24 heavy (non-hydrogen) atoms. The van der Waals surface area contributed by atoms with Crippen LogP contribution in [0.25, 0.3) is 0 Å². The second kappa shape index (κ2) is 6.68. The van der Waals surface area contributed by atoms with E-state index in [0.29, 0.717) is 26.6 Å². The molecule has 8 heteroatoms. The number of carbonyl (C=O) groups excluding carboxylic acids is 2. The number of halogens is 1. The predicted molar refractivity (Wildman–Crippen MR) is 95.7 cm³/mol. The van der Waals surface area contributed by atoms with E-state index in [0.717, 1.165) is 29.7 Å². The van der Waals surface area contributed by atoms with Crippen LogP contribution in [0.15, 0.2) is 10.7 Å². The number of anilines is 1. The van der Waals surface area contributed by atoms with Crippen molar-refractivity contribution in [2.75, 3.05) is 12.4 Å². The van der Waals surface area contributed by atoms with Crippen molar-refractivity contribution in [1.82, 2.24) is 9.78 Å². The standard InChI is InChI=1S/C16H18BrN3O3S/c1-8-4-5-9-11(6-8)24-15(12(9)16(22)23-3)19-14(21)13-10(17)7-18-20(13)2/h7-8H,4-6H2,1-3H3,(H,19,21)/t8-/m0/s1. The monoisotopic (exact) mass is 411 g/mol. The van der Waals surface area contributed by atoms with Gasteiger partial charge in [0.25, 0.3) is 5.91 Å². The summed E-state index contributed by atoms with van der Waals surface area (Å²) >= 11 is 4.79. The molecule has 1 atom stereocenters. The van der Waals surface area contributed by atoms with Crippen LogP contribution in [-0.4, -0.2) is 28.8 Å². The number of aryl methyl sites for hydroxylation is 1. The first kappa shape index (κ1) is 17.2. The van der Waals surface area contributed by atoms with Crippen molar-refractivity contribution in [2.45, 2.75) is 26.2 Å². The number of ether oxygens (including phenoxy) is 1. The van der Waals surface area contributed by atoms with Crippen molar-refractivity contribution < 1.29 is 14.3 Å². The van der Waals surface area contributed by atoms with Crippen molar-refractivity contribution in [1.29, 1.82) is 0 Å². The smallest absolute Gasteiger partial charge is 0.341 e. The van der Waals surface area contributed by atoms with Gasteiger partial charge < -0.3 is 10.1 Å². The highest BCUT2D eigenvalue weighted by molar-refractivity contribution is 9.10. The van der Waals surface area contributed by atoms with Crippen LogP contribution in [0.5, 0.6) is 0 Å². The summed E-state index contributed by atoms with van der Waals surface area (Å²) in [7, 11) is 3.06. The second-order valence-electron chi connectivity index (χ2n) is 5.97. The first-order valence-electron chi connectivity index (χ1n) is 7.64. The average molecular weight is 412 g/mol. The fourth-order valence-corrected chi connectivity index (χ4v) is 4.91. The number of thiophene rings is 1. The molecule has 2 aromatic rings. The highest BCUT2D eigenvalue weighted by Crippen LogP contribution is 2.40. The third kappa shape index (κ3) is 3.00. The van der Waals surface area contributed by atoms with E-state index >= 15 is 0 Å². The Balaban J connectivity index is 1.98. The third-order valence-electron chi connectivity index (χ3n) is 4.24. The van der Waals surface area contributed by atoms with Crippen molar-refractivity contribution in [2.24, 2.45) is 13.0 Å². The van der Waals surface area contributed by atoms with E-state index in [1.807, 2.05) is 0 Å². The third-order valence-corrected chi connectivity index (χ3v) is 5.99. The Morgan fingerprint density at radius 2 is 2.25 bits per heavy atom. The van der Waals surface area contributed by atoms with Crippen LogP contribution in [-0.2, 0) is 24.6 Å². The predicted octanol–water partition coefficient (Wildman–Crippen LogP) is 3.41. The van der Waals surface area contributed by atoms with Crippen molar-refractivity contribution in [3.8, 4) is 0 Å². The largest absolute Gasteiger partial charge is 0.465 e. The van der Waals surface area contributed by atoms with Gasteiger partial charge in [-0.1, -0.05) is 6.92 Å². The minimum Gasteiger partial charge on any atom is -0.465 e. The zero-order valence-electron chi connectivity index (χ0n) is 13.7. The van der Waals surface area contributed by atoms with Crippen LogP contribution < -0.4 is 5.32 Å². The molecular weight excluding hydrogens is 394 g/mol. The van der Waals surface area contributed by atoms with Gasteiger partial charge in [0.05, 0.1) is 23.3 Å². The Bertz CT molecular complexity index is 792. The summed E-state index contributed by atoms with van der Waals surface area (Å²) in [5.74, 6) is -0.128. The molecule has 0 aromatic carbocycles. The molecule has 2 heterocycles. The van der Waals surface area contributed by atoms with E-state index in [2.05, 4.69) is 33.3 Å². The topological polar surface area (TPSA) is 73.2 Å². The molecule has 1 aliphatic rings. The van der Waals surface area contributed by atoms with Crippen molar-refractivity contribution in [3.63, 3.8) is 0 Å². The Labute approximate surface area is 152 Å². The number of fused-ring (bicyclic) bond motifs is 1. The summed E-state index contributed by atoms with van der Waals surface area (Å²) < 4.78 is 7.04. The zero-order chi connectivity index (χ0) is 17.4. The van der Waals surface area contributed by atoms with Crippen LogP contribution in [0.2, 0.25) is 0 Å². The van der Waals surface area contributed by atoms with Gasteiger partial charge in [0.15, 0.2) is 0 Å².